The van der Waals surface area contributed by atoms with Gasteiger partial charge in [-0.2, -0.15) is 0 Å². The summed E-state index contributed by atoms with van der Waals surface area (Å²) in [6.45, 7) is 8.29. The lowest BCUT2D eigenvalue weighted by Gasteiger charge is -2.32. The Labute approximate surface area is 132 Å². The van der Waals surface area contributed by atoms with E-state index in [1.54, 1.807) is 0 Å². The van der Waals surface area contributed by atoms with E-state index in [4.69, 9.17) is 4.74 Å². The Morgan fingerprint density at radius 2 is 1.91 bits per heavy atom. The molecular weight excluding hydrogens is 278 g/mol. The number of carbonyl (C=O) groups is 2. The molecule has 4 heteroatoms. The predicted molar refractivity (Wildman–Crippen MR) is 86.0 cm³/mol. The van der Waals surface area contributed by atoms with Crippen LogP contribution in [-0.2, 0) is 16.0 Å². The normalized spacial score (nSPS) is 19.2. The summed E-state index contributed by atoms with van der Waals surface area (Å²) < 4.78 is 5.33. The van der Waals surface area contributed by atoms with Crippen LogP contribution in [-0.4, -0.2) is 35.5 Å². The third-order valence-corrected chi connectivity index (χ3v) is 3.87. The van der Waals surface area contributed by atoms with Crippen molar-refractivity contribution >= 4 is 11.9 Å². The van der Waals surface area contributed by atoms with Crippen molar-refractivity contribution in [2.24, 2.45) is 0 Å². The highest BCUT2D eigenvalue weighted by Crippen LogP contribution is 2.26. The lowest BCUT2D eigenvalue weighted by molar-refractivity contribution is -0.123. The number of carbonyl (C=O) groups excluding carboxylic acids is 2. The molecule has 0 bridgehead atoms. The highest BCUT2D eigenvalue weighted by atomic mass is 16.6. The highest BCUT2D eigenvalue weighted by molar-refractivity contribution is 5.90. The molecule has 120 valence electrons. The maximum absolute atomic E-state index is 12.4. The number of hydrogen-bond acceptors (Lipinski definition) is 3. The molecule has 1 unspecified atom stereocenters. The highest BCUT2D eigenvalue weighted by Gasteiger charge is 2.32. The van der Waals surface area contributed by atoms with Gasteiger partial charge in [0.2, 0.25) is 0 Å². The van der Waals surface area contributed by atoms with Crippen LogP contribution in [0.25, 0.3) is 0 Å². The molecule has 0 saturated carbocycles. The first-order valence-electron chi connectivity index (χ1n) is 7.89. The summed E-state index contributed by atoms with van der Waals surface area (Å²) in [6.07, 6.45) is 1.25. The quantitative estimate of drug-likeness (QED) is 0.839. The predicted octanol–water partition coefficient (Wildman–Crippen LogP) is 3.54. The minimum atomic E-state index is -0.535. The average Bonchev–Trinajstić information content (AvgIpc) is 2.45. The fourth-order valence-corrected chi connectivity index (χ4v) is 2.64. The Bertz CT molecular complexity index is 542. The summed E-state index contributed by atoms with van der Waals surface area (Å²) in [4.78, 5) is 25.9. The minimum Gasteiger partial charge on any atom is -0.444 e. The zero-order valence-corrected chi connectivity index (χ0v) is 13.9. The molecule has 1 aliphatic heterocycles. The van der Waals surface area contributed by atoms with Crippen molar-refractivity contribution in [3.8, 4) is 0 Å². The van der Waals surface area contributed by atoms with Crippen LogP contribution in [0.5, 0.6) is 0 Å². The first-order chi connectivity index (χ1) is 10.3. The SMILES string of the molecule is CCc1ccc(C2CCN(C(=O)OC(C)(C)C)CC2=O)cc1. The lowest BCUT2D eigenvalue weighted by Crippen LogP contribution is -2.45. The fourth-order valence-electron chi connectivity index (χ4n) is 2.64. The second kappa shape index (κ2) is 6.51. The Kier molecular flexibility index (Phi) is 4.89. The van der Waals surface area contributed by atoms with Crippen molar-refractivity contribution in [3.63, 3.8) is 0 Å². The number of Topliss-reactive ketones (excluding diaryl/α,β-unsaturated/α-hetero) is 1. The van der Waals surface area contributed by atoms with Gasteiger partial charge in [0.25, 0.3) is 0 Å². The molecule has 1 atom stereocenters. The summed E-state index contributed by atoms with van der Waals surface area (Å²) in [5, 5.41) is 0. The van der Waals surface area contributed by atoms with Crippen molar-refractivity contribution in [1.29, 1.82) is 0 Å². The zero-order valence-electron chi connectivity index (χ0n) is 13.9. The summed E-state index contributed by atoms with van der Waals surface area (Å²) in [6, 6.07) is 8.21. The Morgan fingerprint density at radius 3 is 2.41 bits per heavy atom. The topological polar surface area (TPSA) is 46.6 Å². The van der Waals surface area contributed by atoms with Gasteiger partial charge in [-0.1, -0.05) is 31.2 Å². The largest absolute Gasteiger partial charge is 0.444 e. The van der Waals surface area contributed by atoms with E-state index in [2.05, 4.69) is 19.1 Å². The summed E-state index contributed by atoms with van der Waals surface area (Å²) >= 11 is 0. The van der Waals surface area contributed by atoms with Crippen molar-refractivity contribution in [2.45, 2.75) is 52.1 Å². The fraction of sp³-hybridized carbons (Fsp3) is 0.556. The molecule has 0 aromatic heterocycles. The van der Waals surface area contributed by atoms with Crippen LogP contribution < -0.4 is 0 Å². The number of rotatable bonds is 2. The van der Waals surface area contributed by atoms with Gasteiger partial charge in [0.15, 0.2) is 5.78 Å². The molecule has 1 aromatic carbocycles. The molecule has 2 rings (SSSR count). The van der Waals surface area contributed by atoms with E-state index >= 15 is 0 Å². The molecule has 0 radical (unpaired) electrons. The van der Waals surface area contributed by atoms with Crippen LogP contribution in [0, 0.1) is 0 Å². The molecule has 1 fully saturated rings. The lowest BCUT2D eigenvalue weighted by atomic mass is 9.88. The monoisotopic (exact) mass is 303 g/mol. The van der Waals surface area contributed by atoms with E-state index in [0.29, 0.717) is 13.0 Å². The summed E-state index contributed by atoms with van der Waals surface area (Å²) in [5.41, 5.74) is 1.78. The van der Waals surface area contributed by atoms with Crippen molar-refractivity contribution < 1.29 is 14.3 Å². The number of benzene rings is 1. The maximum atomic E-state index is 12.4. The van der Waals surface area contributed by atoms with Gasteiger partial charge in [0, 0.05) is 12.5 Å². The molecule has 1 aromatic rings. The molecule has 0 aliphatic carbocycles. The van der Waals surface area contributed by atoms with Crippen LogP contribution in [0.3, 0.4) is 0 Å². The van der Waals surface area contributed by atoms with Crippen molar-refractivity contribution in [2.75, 3.05) is 13.1 Å². The summed E-state index contributed by atoms with van der Waals surface area (Å²) in [5.74, 6) is -0.0223. The third kappa shape index (κ3) is 4.09. The zero-order chi connectivity index (χ0) is 16.3. The third-order valence-electron chi connectivity index (χ3n) is 3.87. The standard InChI is InChI=1S/C18H25NO3/c1-5-13-6-8-14(9-7-13)15-10-11-19(12-16(15)20)17(21)22-18(2,3)4/h6-9,15H,5,10-12H2,1-4H3. The van der Waals surface area contributed by atoms with Crippen LogP contribution >= 0.6 is 0 Å². The van der Waals surface area contributed by atoms with E-state index in [1.807, 2.05) is 32.9 Å². The van der Waals surface area contributed by atoms with Gasteiger partial charge in [0.1, 0.15) is 5.60 Å². The van der Waals surface area contributed by atoms with Gasteiger partial charge in [-0.05, 0) is 44.7 Å². The summed E-state index contributed by atoms with van der Waals surface area (Å²) in [7, 11) is 0. The number of ketones is 1. The van der Waals surface area contributed by atoms with E-state index in [9.17, 15) is 9.59 Å². The first kappa shape index (κ1) is 16.5. The number of nitrogens with zero attached hydrogens (tertiary/aromatic N) is 1. The molecule has 1 aliphatic rings. The molecule has 0 spiro atoms. The van der Waals surface area contributed by atoms with Crippen LogP contribution in [0.1, 0.15) is 51.2 Å². The molecule has 22 heavy (non-hydrogen) atoms. The van der Waals surface area contributed by atoms with Gasteiger partial charge in [-0.3, -0.25) is 4.79 Å². The maximum Gasteiger partial charge on any atom is 0.410 e. The number of likely N-dealkylation sites (tertiary alicyclic amines) is 1. The van der Waals surface area contributed by atoms with E-state index in [0.717, 1.165) is 12.0 Å². The first-order valence-corrected chi connectivity index (χ1v) is 7.89. The Balaban J connectivity index is 2.00. The second-order valence-electron chi connectivity index (χ2n) is 6.80. The number of hydrogen-bond donors (Lipinski definition) is 0. The second-order valence-corrected chi connectivity index (χ2v) is 6.80. The van der Waals surface area contributed by atoms with Crippen LogP contribution in [0.2, 0.25) is 0 Å². The number of piperidine rings is 1. The number of amides is 1. The molecule has 1 amide bonds. The van der Waals surface area contributed by atoms with Crippen LogP contribution in [0.4, 0.5) is 4.79 Å². The molecule has 1 heterocycles. The number of aryl methyl sites for hydroxylation is 1. The van der Waals surface area contributed by atoms with Crippen molar-refractivity contribution in [3.05, 3.63) is 35.4 Å². The molecule has 4 nitrogen and oxygen atoms in total. The Hall–Kier alpha value is -1.84. The number of ether oxygens (including phenoxy) is 1. The van der Waals surface area contributed by atoms with Gasteiger partial charge in [-0.25, -0.2) is 4.79 Å². The van der Waals surface area contributed by atoms with Gasteiger partial charge < -0.3 is 9.64 Å². The van der Waals surface area contributed by atoms with Gasteiger partial charge in [0.05, 0.1) is 6.54 Å². The van der Waals surface area contributed by atoms with E-state index < -0.39 is 11.7 Å². The molecular formula is C18H25NO3. The van der Waals surface area contributed by atoms with Crippen molar-refractivity contribution in [1.82, 2.24) is 4.90 Å². The van der Waals surface area contributed by atoms with E-state index in [-0.39, 0.29) is 18.2 Å². The van der Waals surface area contributed by atoms with E-state index in [1.165, 1.54) is 10.5 Å². The van der Waals surface area contributed by atoms with Crippen LogP contribution in [0.15, 0.2) is 24.3 Å². The Morgan fingerprint density at radius 1 is 1.27 bits per heavy atom. The van der Waals surface area contributed by atoms with Gasteiger partial charge in [-0.15, -0.1) is 0 Å². The smallest absolute Gasteiger partial charge is 0.410 e. The molecule has 0 N–H and O–H groups in total. The average molecular weight is 303 g/mol. The minimum absolute atomic E-state index is 0.0846. The van der Waals surface area contributed by atoms with Gasteiger partial charge >= 0.3 is 6.09 Å². The molecule has 1 saturated heterocycles.